The van der Waals surface area contributed by atoms with Gasteiger partial charge in [-0.05, 0) is 44.4 Å². The van der Waals surface area contributed by atoms with Crippen molar-refractivity contribution < 1.29 is 28.4 Å². The highest BCUT2D eigenvalue weighted by molar-refractivity contribution is 6.02. The molecule has 0 aliphatic carbocycles. The number of ether oxygens (including phenoxy) is 2. The van der Waals surface area contributed by atoms with Gasteiger partial charge in [-0.15, -0.1) is 0 Å². The van der Waals surface area contributed by atoms with E-state index in [-0.39, 0.29) is 49.5 Å². The van der Waals surface area contributed by atoms with Crippen LogP contribution in [0.5, 0.6) is 11.5 Å². The minimum atomic E-state index is -0.488. The summed E-state index contributed by atoms with van der Waals surface area (Å²) in [4.78, 5) is 46.9. The van der Waals surface area contributed by atoms with Crippen LogP contribution in [0.4, 0.5) is 0 Å². The minimum absolute atomic E-state index is 0.0432. The van der Waals surface area contributed by atoms with E-state index < -0.39 is 11.9 Å². The maximum Gasteiger partial charge on any atom is 0.260 e. The molecule has 0 saturated heterocycles. The number of rotatable bonds is 4. The number of carbonyl (C=O) groups excluding carboxylic acids is 3. The zero-order valence-electron chi connectivity index (χ0n) is 26.7. The topological polar surface area (TPSA) is 154 Å². The van der Waals surface area contributed by atoms with E-state index in [9.17, 15) is 14.4 Å². The molecule has 2 aromatic heterocycles. The van der Waals surface area contributed by atoms with Crippen molar-refractivity contribution in [3.05, 3.63) is 77.1 Å². The van der Waals surface area contributed by atoms with Crippen molar-refractivity contribution in [3.8, 4) is 22.8 Å². The van der Waals surface area contributed by atoms with Crippen molar-refractivity contribution in [3.63, 3.8) is 0 Å². The number of hydrogen-bond donors (Lipinski definition) is 2. The summed E-state index contributed by atoms with van der Waals surface area (Å²) in [5, 5.41) is 14.7. The quantitative estimate of drug-likeness (QED) is 0.344. The standard InChI is InChI=1S/C33H39N7O6/c1-20(2)29-31-35-22(4)37-40(31)16-17-45-25-13-12-24(18-26(25)44-5)32(42)34-14-9-15-39(19-27(41)36-29)33(43)28-21(3)46-38-30(28)23-10-7-6-8-11-23/h6-8,10-13,18,20,29H,9,14-17,19H2,1-5H3,(H,34,42)(H,36,41)/t29-/m0/s1. The summed E-state index contributed by atoms with van der Waals surface area (Å²) in [6.07, 6.45) is 0.384. The molecule has 242 valence electrons. The Labute approximate surface area is 267 Å². The van der Waals surface area contributed by atoms with E-state index in [2.05, 4.69) is 25.9 Å². The van der Waals surface area contributed by atoms with Crippen molar-refractivity contribution in [1.29, 1.82) is 0 Å². The Bertz CT molecular complexity index is 1700. The van der Waals surface area contributed by atoms with Gasteiger partial charge in [0.1, 0.15) is 35.3 Å². The lowest BCUT2D eigenvalue weighted by atomic mass is 10.0. The number of benzene rings is 2. The SMILES string of the molecule is COc1cc2ccc1OCCn1nc(C)nc1[C@H](C(C)C)NC(=O)CN(C(=O)c1c(-c3ccccc3)noc1C)CCCNC2=O. The van der Waals surface area contributed by atoms with Crippen LogP contribution in [0, 0.1) is 19.8 Å². The summed E-state index contributed by atoms with van der Waals surface area (Å²) >= 11 is 0. The number of hydrogen-bond acceptors (Lipinski definition) is 9. The van der Waals surface area contributed by atoms with E-state index in [0.717, 1.165) is 5.56 Å². The number of methoxy groups -OCH3 is 1. The fraction of sp³-hybridized carbons (Fsp3) is 0.394. The molecule has 0 radical (unpaired) electrons. The second-order valence-corrected chi connectivity index (χ2v) is 11.4. The maximum absolute atomic E-state index is 14.1. The van der Waals surface area contributed by atoms with E-state index in [4.69, 9.17) is 14.0 Å². The first-order chi connectivity index (χ1) is 22.2. The average molecular weight is 630 g/mol. The van der Waals surface area contributed by atoms with E-state index >= 15 is 0 Å². The molecule has 4 heterocycles. The van der Waals surface area contributed by atoms with Gasteiger partial charge in [-0.2, -0.15) is 5.10 Å². The number of aromatic nitrogens is 4. The van der Waals surface area contributed by atoms with Gasteiger partial charge in [-0.1, -0.05) is 49.3 Å². The first-order valence-corrected chi connectivity index (χ1v) is 15.3. The first kappa shape index (κ1) is 32.2. The van der Waals surface area contributed by atoms with Gasteiger partial charge < -0.3 is 29.5 Å². The monoisotopic (exact) mass is 629 g/mol. The van der Waals surface area contributed by atoms with Crippen LogP contribution in [-0.2, 0) is 11.3 Å². The van der Waals surface area contributed by atoms with Gasteiger partial charge in [0.2, 0.25) is 5.91 Å². The molecule has 2 aromatic carbocycles. The molecule has 0 saturated carbocycles. The van der Waals surface area contributed by atoms with Gasteiger partial charge in [0, 0.05) is 24.2 Å². The molecule has 1 atom stereocenters. The van der Waals surface area contributed by atoms with Gasteiger partial charge in [0.25, 0.3) is 11.8 Å². The Hall–Kier alpha value is -5.20. The van der Waals surface area contributed by atoms with Gasteiger partial charge >= 0.3 is 0 Å². The van der Waals surface area contributed by atoms with E-state index in [1.165, 1.54) is 12.0 Å². The molecule has 2 aliphatic heterocycles. The summed E-state index contributed by atoms with van der Waals surface area (Å²) < 4.78 is 18.7. The summed E-state index contributed by atoms with van der Waals surface area (Å²) in [5.41, 5.74) is 1.80. The van der Waals surface area contributed by atoms with Crippen LogP contribution in [0.3, 0.4) is 0 Å². The Morgan fingerprint density at radius 3 is 2.59 bits per heavy atom. The van der Waals surface area contributed by atoms with E-state index in [0.29, 0.717) is 53.1 Å². The molecule has 46 heavy (non-hydrogen) atoms. The first-order valence-electron chi connectivity index (χ1n) is 15.3. The molecule has 0 fully saturated rings. The lowest BCUT2D eigenvalue weighted by Gasteiger charge is -2.26. The van der Waals surface area contributed by atoms with Crippen molar-refractivity contribution in [1.82, 2.24) is 35.5 Å². The van der Waals surface area contributed by atoms with Crippen LogP contribution in [-0.4, -0.2) is 75.9 Å². The molecular formula is C33H39N7O6. The molecule has 0 spiro atoms. The molecule has 13 nitrogen and oxygen atoms in total. The number of nitrogens with one attached hydrogen (secondary N) is 2. The van der Waals surface area contributed by atoms with E-state index in [1.54, 1.807) is 36.7 Å². The molecule has 13 heteroatoms. The lowest BCUT2D eigenvalue weighted by Crippen LogP contribution is -2.44. The van der Waals surface area contributed by atoms with Crippen LogP contribution >= 0.6 is 0 Å². The Morgan fingerprint density at radius 2 is 1.85 bits per heavy atom. The van der Waals surface area contributed by atoms with Crippen LogP contribution in [0.25, 0.3) is 11.3 Å². The third-order valence-electron chi connectivity index (χ3n) is 7.69. The number of fused-ring (bicyclic) bond motifs is 13. The molecule has 3 amide bonds. The van der Waals surface area contributed by atoms with Crippen molar-refractivity contribution in [2.24, 2.45) is 5.92 Å². The molecule has 4 aromatic rings. The fourth-order valence-corrected chi connectivity index (χ4v) is 5.36. The van der Waals surface area contributed by atoms with Gasteiger partial charge in [0.15, 0.2) is 11.5 Å². The average Bonchev–Trinajstić information content (AvgIpc) is 3.62. The minimum Gasteiger partial charge on any atom is -0.493 e. The molecule has 2 aliphatic rings. The summed E-state index contributed by atoms with van der Waals surface area (Å²) in [5.74, 6) is 1.27. The predicted molar refractivity (Wildman–Crippen MR) is 168 cm³/mol. The molecule has 2 N–H and O–H groups in total. The third kappa shape index (κ3) is 7.19. The van der Waals surface area contributed by atoms with E-state index in [1.807, 2.05) is 44.2 Å². The number of carbonyl (C=O) groups is 3. The summed E-state index contributed by atoms with van der Waals surface area (Å²) in [6, 6.07) is 13.8. The normalized spacial score (nSPS) is 16.5. The highest BCUT2D eigenvalue weighted by atomic mass is 16.5. The zero-order valence-corrected chi connectivity index (χ0v) is 26.7. The summed E-state index contributed by atoms with van der Waals surface area (Å²) in [7, 11) is 1.51. The Kier molecular flexibility index (Phi) is 9.99. The van der Waals surface area contributed by atoms with Gasteiger partial charge in [-0.3, -0.25) is 14.4 Å². The molecule has 6 rings (SSSR count). The van der Waals surface area contributed by atoms with Crippen LogP contribution in [0.15, 0.2) is 53.1 Å². The lowest BCUT2D eigenvalue weighted by molar-refractivity contribution is -0.123. The Balaban J connectivity index is 1.48. The number of amides is 3. The van der Waals surface area contributed by atoms with Crippen LogP contribution in [0.2, 0.25) is 0 Å². The van der Waals surface area contributed by atoms with Gasteiger partial charge in [-0.25, -0.2) is 9.67 Å². The second kappa shape index (κ2) is 14.3. The Morgan fingerprint density at radius 1 is 1.07 bits per heavy atom. The number of aryl methyl sites for hydroxylation is 2. The zero-order chi connectivity index (χ0) is 32.8. The number of nitrogens with zero attached hydrogens (tertiary/aromatic N) is 5. The van der Waals surface area contributed by atoms with Crippen molar-refractivity contribution in [2.75, 3.05) is 33.4 Å². The maximum atomic E-state index is 14.1. The molecule has 2 bridgehead atoms. The summed E-state index contributed by atoms with van der Waals surface area (Å²) in [6.45, 7) is 8.22. The van der Waals surface area contributed by atoms with Gasteiger partial charge in [0.05, 0.1) is 26.2 Å². The molecular weight excluding hydrogens is 590 g/mol. The van der Waals surface area contributed by atoms with Crippen molar-refractivity contribution >= 4 is 17.7 Å². The third-order valence-corrected chi connectivity index (χ3v) is 7.69. The van der Waals surface area contributed by atoms with Crippen molar-refractivity contribution in [2.45, 2.75) is 46.7 Å². The fourth-order valence-electron chi connectivity index (χ4n) is 5.36. The highest BCUT2D eigenvalue weighted by Crippen LogP contribution is 2.29. The van der Waals surface area contributed by atoms with Crippen LogP contribution < -0.4 is 20.1 Å². The largest absolute Gasteiger partial charge is 0.493 e. The smallest absolute Gasteiger partial charge is 0.260 e. The highest BCUT2D eigenvalue weighted by Gasteiger charge is 2.30. The molecule has 0 unspecified atom stereocenters. The predicted octanol–water partition coefficient (Wildman–Crippen LogP) is 3.73. The second-order valence-electron chi connectivity index (χ2n) is 11.4. The van der Waals surface area contributed by atoms with Crippen LogP contribution in [0.1, 0.15) is 64.4 Å².